The minimum atomic E-state index is -0.447. The SMILES string of the molecule is COC(=O)c1cnc2nc(C)ccc2c1Nc1cccc(Br)c1. The highest BCUT2D eigenvalue weighted by molar-refractivity contribution is 9.10. The molecule has 0 radical (unpaired) electrons. The Morgan fingerprint density at radius 3 is 2.83 bits per heavy atom. The zero-order valence-corrected chi connectivity index (χ0v) is 14.2. The molecule has 116 valence electrons. The summed E-state index contributed by atoms with van der Waals surface area (Å²) in [6.07, 6.45) is 1.49. The van der Waals surface area contributed by atoms with Crippen LogP contribution < -0.4 is 5.32 Å². The Morgan fingerprint density at radius 2 is 2.09 bits per heavy atom. The standard InChI is InChI=1S/C17H14BrN3O2/c1-10-6-7-13-15(21-12-5-3-4-11(18)8-12)14(17(22)23-2)9-19-16(13)20-10/h3-9H,1-2H3,(H,19,20,21). The molecule has 0 saturated carbocycles. The molecule has 6 heteroatoms. The van der Waals surface area contributed by atoms with Gasteiger partial charge in [0.2, 0.25) is 0 Å². The first kappa shape index (κ1) is 15.4. The van der Waals surface area contributed by atoms with Crippen molar-refractivity contribution in [3.8, 4) is 0 Å². The summed E-state index contributed by atoms with van der Waals surface area (Å²) < 4.78 is 5.80. The van der Waals surface area contributed by atoms with Crippen molar-refractivity contribution in [3.05, 3.63) is 58.3 Å². The summed E-state index contributed by atoms with van der Waals surface area (Å²) in [6, 6.07) is 11.5. The topological polar surface area (TPSA) is 64.1 Å². The van der Waals surface area contributed by atoms with E-state index in [4.69, 9.17) is 4.74 Å². The highest BCUT2D eigenvalue weighted by Crippen LogP contribution is 2.30. The van der Waals surface area contributed by atoms with E-state index in [0.29, 0.717) is 16.9 Å². The number of rotatable bonds is 3. The number of aryl methyl sites for hydroxylation is 1. The van der Waals surface area contributed by atoms with Gasteiger partial charge in [-0.3, -0.25) is 0 Å². The summed E-state index contributed by atoms with van der Waals surface area (Å²) in [4.78, 5) is 20.7. The predicted octanol–water partition coefficient (Wildman–Crippen LogP) is 4.23. The van der Waals surface area contributed by atoms with Crippen molar-refractivity contribution in [3.63, 3.8) is 0 Å². The predicted molar refractivity (Wildman–Crippen MR) is 93.0 cm³/mol. The van der Waals surface area contributed by atoms with Gasteiger partial charge in [0.25, 0.3) is 0 Å². The molecule has 5 nitrogen and oxygen atoms in total. The third-order valence-corrected chi connectivity index (χ3v) is 3.86. The molecule has 0 aliphatic carbocycles. The minimum absolute atomic E-state index is 0.366. The molecule has 0 aliphatic rings. The largest absolute Gasteiger partial charge is 0.465 e. The summed E-state index contributed by atoms with van der Waals surface area (Å²) in [5, 5.41) is 4.04. The molecule has 2 aromatic heterocycles. The molecule has 0 aliphatic heterocycles. The van der Waals surface area contributed by atoms with E-state index in [1.54, 1.807) is 0 Å². The molecule has 0 bridgehead atoms. The second-order valence-electron chi connectivity index (χ2n) is 5.00. The van der Waals surface area contributed by atoms with Crippen LogP contribution in [0.2, 0.25) is 0 Å². The van der Waals surface area contributed by atoms with Crippen molar-refractivity contribution in [2.75, 3.05) is 12.4 Å². The van der Waals surface area contributed by atoms with Gasteiger partial charge in [0, 0.05) is 27.4 Å². The average molecular weight is 372 g/mol. The van der Waals surface area contributed by atoms with E-state index in [9.17, 15) is 4.79 Å². The van der Waals surface area contributed by atoms with E-state index in [2.05, 4.69) is 31.2 Å². The number of fused-ring (bicyclic) bond motifs is 1. The van der Waals surface area contributed by atoms with Crippen molar-refractivity contribution < 1.29 is 9.53 Å². The molecular weight excluding hydrogens is 358 g/mol. The number of halogens is 1. The summed E-state index contributed by atoms with van der Waals surface area (Å²) in [5.74, 6) is -0.447. The first-order valence-corrected chi connectivity index (χ1v) is 7.75. The maximum atomic E-state index is 12.1. The van der Waals surface area contributed by atoms with Crippen LogP contribution in [-0.4, -0.2) is 23.0 Å². The van der Waals surface area contributed by atoms with Gasteiger partial charge in [-0.15, -0.1) is 0 Å². The lowest BCUT2D eigenvalue weighted by atomic mass is 10.1. The van der Waals surface area contributed by atoms with Gasteiger partial charge < -0.3 is 10.1 Å². The number of benzene rings is 1. The van der Waals surface area contributed by atoms with Crippen molar-refractivity contribution in [2.24, 2.45) is 0 Å². The average Bonchev–Trinajstić information content (AvgIpc) is 2.54. The molecule has 0 unspecified atom stereocenters. The van der Waals surface area contributed by atoms with Gasteiger partial charge in [0.15, 0.2) is 5.65 Å². The Balaban J connectivity index is 2.19. The van der Waals surface area contributed by atoms with E-state index in [1.807, 2.05) is 43.3 Å². The van der Waals surface area contributed by atoms with Crippen LogP contribution in [0.3, 0.4) is 0 Å². The zero-order chi connectivity index (χ0) is 16.4. The van der Waals surface area contributed by atoms with E-state index in [1.165, 1.54) is 13.3 Å². The van der Waals surface area contributed by atoms with Crippen LogP contribution in [0.4, 0.5) is 11.4 Å². The van der Waals surface area contributed by atoms with Crippen LogP contribution in [0, 0.1) is 6.92 Å². The second kappa shape index (κ2) is 6.34. The number of pyridine rings is 2. The fraction of sp³-hybridized carbons (Fsp3) is 0.118. The summed E-state index contributed by atoms with van der Waals surface area (Å²) >= 11 is 3.44. The number of hydrogen-bond acceptors (Lipinski definition) is 5. The van der Waals surface area contributed by atoms with Gasteiger partial charge >= 0.3 is 5.97 Å². The number of carbonyl (C=O) groups excluding carboxylic acids is 1. The summed E-state index contributed by atoms with van der Waals surface area (Å²) in [7, 11) is 1.35. The van der Waals surface area contributed by atoms with Gasteiger partial charge in [0.05, 0.1) is 12.8 Å². The summed E-state index contributed by atoms with van der Waals surface area (Å²) in [6.45, 7) is 1.90. The van der Waals surface area contributed by atoms with Crippen LogP contribution in [0.5, 0.6) is 0 Å². The Kier molecular flexibility index (Phi) is 4.25. The number of hydrogen-bond donors (Lipinski definition) is 1. The lowest BCUT2D eigenvalue weighted by Crippen LogP contribution is -2.08. The van der Waals surface area contributed by atoms with Crippen molar-refractivity contribution in [2.45, 2.75) is 6.92 Å². The smallest absolute Gasteiger partial charge is 0.341 e. The van der Waals surface area contributed by atoms with Crippen LogP contribution >= 0.6 is 15.9 Å². The molecule has 0 atom stereocenters. The second-order valence-corrected chi connectivity index (χ2v) is 5.91. The maximum absolute atomic E-state index is 12.1. The van der Waals surface area contributed by atoms with E-state index in [-0.39, 0.29) is 0 Å². The molecule has 0 spiro atoms. The molecule has 1 N–H and O–H groups in total. The quantitative estimate of drug-likeness (QED) is 0.697. The molecule has 0 amide bonds. The van der Waals surface area contributed by atoms with E-state index >= 15 is 0 Å². The monoisotopic (exact) mass is 371 g/mol. The van der Waals surface area contributed by atoms with Crippen molar-refractivity contribution in [1.29, 1.82) is 0 Å². The Hall–Kier alpha value is -2.47. The normalized spacial score (nSPS) is 10.6. The number of anilines is 2. The first-order chi connectivity index (χ1) is 11.1. The highest BCUT2D eigenvalue weighted by Gasteiger charge is 2.17. The molecule has 0 fully saturated rings. The first-order valence-electron chi connectivity index (χ1n) is 6.96. The third kappa shape index (κ3) is 3.17. The minimum Gasteiger partial charge on any atom is -0.465 e. The maximum Gasteiger partial charge on any atom is 0.341 e. The lowest BCUT2D eigenvalue weighted by molar-refractivity contribution is 0.0601. The zero-order valence-electron chi connectivity index (χ0n) is 12.6. The number of methoxy groups -OCH3 is 1. The number of nitrogens with one attached hydrogen (secondary N) is 1. The van der Waals surface area contributed by atoms with E-state index < -0.39 is 5.97 Å². The van der Waals surface area contributed by atoms with Crippen LogP contribution in [-0.2, 0) is 4.74 Å². The lowest BCUT2D eigenvalue weighted by Gasteiger charge is -2.13. The summed E-state index contributed by atoms with van der Waals surface area (Å²) in [5.41, 5.74) is 3.29. The van der Waals surface area contributed by atoms with Crippen LogP contribution in [0.25, 0.3) is 11.0 Å². The fourth-order valence-electron chi connectivity index (χ4n) is 2.28. The Morgan fingerprint density at radius 1 is 1.26 bits per heavy atom. The number of aromatic nitrogens is 2. The molecule has 1 aromatic carbocycles. The van der Waals surface area contributed by atoms with Gasteiger partial charge in [-0.2, -0.15) is 0 Å². The van der Waals surface area contributed by atoms with Crippen molar-refractivity contribution >= 4 is 44.3 Å². The van der Waals surface area contributed by atoms with Gasteiger partial charge in [-0.05, 0) is 37.3 Å². The van der Waals surface area contributed by atoms with E-state index in [0.717, 1.165) is 21.2 Å². The molecule has 23 heavy (non-hydrogen) atoms. The van der Waals surface area contributed by atoms with Crippen molar-refractivity contribution in [1.82, 2.24) is 9.97 Å². The number of carbonyl (C=O) groups is 1. The van der Waals surface area contributed by atoms with Crippen LogP contribution in [0.15, 0.2) is 47.1 Å². The molecule has 3 rings (SSSR count). The van der Waals surface area contributed by atoms with Crippen LogP contribution in [0.1, 0.15) is 16.1 Å². The molecule has 2 heterocycles. The number of esters is 1. The Labute approximate surface area is 141 Å². The van der Waals surface area contributed by atoms with Gasteiger partial charge in [-0.25, -0.2) is 14.8 Å². The third-order valence-electron chi connectivity index (χ3n) is 3.37. The fourth-order valence-corrected chi connectivity index (χ4v) is 2.68. The molecule has 0 saturated heterocycles. The highest BCUT2D eigenvalue weighted by atomic mass is 79.9. The molecule has 3 aromatic rings. The number of nitrogens with zero attached hydrogens (tertiary/aromatic N) is 2. The number of ether oxygens (including phenoxy) is 1. The van der Waals surface area contributed by atoms with Gasteiger partial charge in [-0.1, -0.05) is 22.0 Å². The molecular formula is C17H14BrN3O2. The Bertz CT molecular complexity index is 896. The van der Waals surface area contributed by atoms with Gasteiger partial charge in [0.1, 0.15) is 5.56 Å².